The van der Waals surface area contributed by atoms with E-state index in [4.69, 9.17) is 15.0 Å². The van der Waals surface area contributed by atoms with Crippen molar-refractivity contribution in [2.75, 3.05) is 0 Å². The average Bonchev–Trinajstić information content (AvgIpc) is 3.28. The van der Waals surface area contributed by atoms with Gasteiger partial charge in [-0.3, -0.25) is 4.98 Å². The highest BCUT2D eigenvalue weighted by molar-refractivity contribution is 6.03. The third-order valence-electron chi connectivity index (χ3n) is 10.8. The Morgan fingerprint density at radius 1 is 0.250 bits per heavy atom. The van der Waals surface area contributed by atoms with E-state index in [1.165, 1.54) is 11.1 Å². The van der Waals surface area contributed by atoms with Gasteiger partial charge in [-0.2, -0.15) is 0 Å². The largest absolute Gasteiger partial charge is 0.254 e. The van der Waals surface area contributed by atoms with Crippen LogP contribution in [0.3, 0.4) is 0 Å². The Kier molecular flexibility index (Phi) is 7.46. The first kappa shape index (κ1) is 31.9. The molecule has 11 rings (SSSR count). The molecule has 4 heteroatoms. The van der Waals surface area contributed by atoms with Crippen LogP contribution in [0.25, 0.3) is 110 Å². The zero-order valence-corrected chi connectivity index (χ0v) is 30.3. The van der Waals surface area contributed by atoms with E-state index < -0.39 is 0 Å². The highest BCUT2D eigenvalue weighted by Gasteiger charge is 2.11. The summed E-state index contributed by atoms with van der Waals surface area (Å²) >= 11 is 0. The second kappa shape index (κ2) is 13.1. The number of hydrogen-bond donors (Lipinski definition) is 0. The van der Waals surface area contributed by atoms with Gasteiger partial charge in [0, 0.05) is 44.4 Å². The van der Waals surface area contributed by atoms with Crippen LogP contribution in [-0.4, -0.2) is 19.9 Å². The molecule has 0 saturated carbocycles. The summed E-state index contributed by atoms with van der Waals surface area (Å²) in [5, 5.41) is 6.73. The zero-order chi connectivity index (χ0) is 37.0. The van der Waals surface area contributed by atoms with Gasteiger partial charge in [0.25, 0.3) is 0 Å². The molecule has 56 heavy (non-hydrogen) atoms. The molecule has 4 nitrogen and oxygen atoms in total. The SMILES string of the molecule is c1ccc(-c2cccc(-c3ccc4cc(-c5ccc6nc(-c7ccc8cc(-c9ccc%10ccc%11cccnc%11c%10n9)ccc8c7)ccc6c5)ccc4n3)c2)cc1. The first-order valence-corrected chi connectivity index (χ1v) is 18.9. The molecule has 0 spiro atoms. The van der Waals surface area contributed by atoms with Gasteiger partial charge < -0.3 is 0 Å². The summed E-state index contributed by atoms with van der Waals surface area (Å²) in [6.45, 7) is 0. The fourth-order valence-electron chi connectivity index (χ4n) is 7.87. The lowest BCUT2D eigenvalue weighted by Crippen LogP contribution is -1.89. The number of nitrogens with zero attached hydrogens (tertiary/aromatic N) is 4. The van der Waals surface area contributed by atoms with Crippen molar-refractivity contribution < 1.29 is 0 Å². The maximum atomic E-state index is 5.09. The summed E-state index contributed by atoms with van der Waals surface area (Å²) in [4.78, 5) is 19.8. The molecule has 7 aromatic carbocycles. The number of benzene rings is 7. The standard InChI is InChI=1S/C52H32N4/c1-2-6-33(7-3-1)36-8-4-9-41(28-36)46-25-20-44-31-39(18-23-47(44)54-46)40-19-24-48-45(32-40)21-26-49(55-48)42-15-13-38-30-43(16-14-37(38)29-42)50-22-17-35-12-11-34-10-5-27-53-51(34)52(35)56-50/h1-32H. The molecule has 0 N–H and O–H groups in total. The molecular weight excluding hydrogens is 681 g/mol. The molecule has 0 amide bonds. The Hall–Kier alpha value is -7.56. The van der Waals surface area contributed by atoms with E-state index in [-0.39, 0.29) is 0 Å². The maximum Gasteiger partial charge on any atom is 0.0972 e. The van der Waals surface area contributed by atoms with Gasteiger partial charge in [-0.1, -0.05) is 121 Å². The molecule has 4 aromatic heterocycles. The predicted octanol–water partition coefficient (Wildman–Crippen LogP) is 13.4. The molecule has 0 saturated heterocycles. The lowest BCUT2D eigenvalue weighted by Gasteiger charge is -2.10. The number of pyridine rings is 4. The van der Waals surface area contributed by atoms with Crippen molar-refractivity contribution in [1.29, 1.82) is 0 Å². The summed E-state index contributed by atoms with van der Waals surface area (Å²) < 4.78 is 0. The van der Waals surface area contributed by atoms with E-state index in [1.807, 2.05) is 18.3 Å². The van der Waals surface area contributed by atoms with Gasteiger partial charge in [0.1, 0.15) is 0 Å². The Bertz CT molecular complexity index is 3320. The first-order chi connectivity index (χ1) is 27.7. The average molecular weight is 713 g/mol. The van der Waals surface area contributed by atoms with Gasteiger partial charge in [-0.15, -0.1) is 0 Å². The Labute approximate surface area is 323 Å². The Morgan fingerprint density at radius 3 is 1.38 bits per heavy atom. The molecular formula is C52H32N4. The van der Waals surface area contributed by atoms with Crippen LogP contribution in [0.1, 0.15) is 0 Å². The van der Waals surface area contributed by atoms with Crippen LogP contribution in [0.15, 0.2) is 194 Å². The molecule has 0 aliphatic rings. The van der Waals surface area contributed by atoms with Gasteiger partial charge in [-0.05, 0) is 99.8 Å². The summed E-state index contributed by atoms with van der Waals surface area (Å²) in [5.74, 6) is 0. The van der Waals surface area contributed by atoms with Crippen molar-refractivity contribution in [1.82, 2.24) is 19.9 Å². The topological polar surface area (TPSA) is 51.6 Å². The van der Waals surface area contributed by atoms with Crippen molar-refractivity contribution in [3.8, 4) is 56.0 Å². The second-order valence-corrected chi connectivity index (χ2v) is 14.3. The van der Waals surface area contributed by atoms with E-state index in [0.29, 0.717) is 0 Å². The third kappa shape index (κ3) is 5.72. The van der Waals surface area contributed by atoms with E-state index >= 15 is 0 Å². The summed E-state index contributed by atoms with van der Waals surface area (Å²) in [6.07, 6.45) is 1.83. The van der Waals surface area contributed by atoms with E-state index in [9.17, 15) is 0 Å². The molecule has 0 aliphatic carbocycles. The zero-order valence-electron chi connectivity index (χ0n) is 30.3. The van der Waals surface area contributed by atoms with Gasteiger partial charge in [0.05, 0.1) is 39.1 Å². The number of rotatable bonds is 5. The quantitative estimate of drug-likeness (QED) is 0.167. The Morgan fingerprint density at radius 2 is 0.714 bits per heavy atom. The maximum absolute atomic E-state index is 5.09. The van der Waals surface area contributed by atoms with Crippen molar-refractivity contribution in [2.24, 2.45) is 0 Å². The predicted molar refractivity (Wildman–Crippen MR) is 232 cm³/mol. The van der Waals surface area contributed by atoms with Gasteiger partial charge in [0.15, 0.2) is 0 Å². The van der Waals surface area contributed by atoms with Crippen LogP contribution in [0.2, 0.25) is 0 Å². The first-order valence-electron chi connectivity index (χ1n) is 18.9. The number of aromatic nitrogens is 4. The molecule has 0 atom stereocenters. The van der Waals surface area contributed by atoms with Crippen molar-refractivity contribution in [2.45, 2.75) is 0 Å². The van der Waals surface area contributed by atoms with E-state index in [2.05, 4.69) is 181 Å². The fraction of sp³-hybridized carbons (Fsp3) is 0. The van der Waals surface area contributed by atoms with Crippen molar-refractivity contribution >= 4 is 54.4 Å². The molecule has 0 bridgehead atoms. The Balaban J connectivity index is 0.855. The minimum absolute atomic E-state index is 0.927. The highest BCUT2D eigenvalue weighted by Crippen LogP contribution is 2.33. The van der Waals surface area contributed by atoms with E-state index in [0.717, 1.165) is 99.3 Å². The van der Waals surface area contributed by atoms with Crippen LogP contribution < -0.4 is 0 Å². The molecule has 0 radical (unpaired) electrons. The number of fused-ring (bicyclic) bond motifs is 6. The van der Waals surface area contributed by atoms with Crippen molar-refractivity contribution in [3.63, 3.8) is 0 Å². The monoisotopic (exact) mass is 712 g/mol. The third-order valence-corrected chi connectivity index (χ3v) is 10.8. The van der Waals surface area contributed by atoms with E-state index in [1.54, 1.807) is 0 Å². The van der Waals surface area contributed by atoms with Crippen LogP contribution in [0.5, 0.6) is 0 Å². The lowest BCUT2D eigenvalue weighted by molar-refractivity contribution is 1.37. The highest BCUT2D eigenvalue weighted by atomic mass is 14.8. The molecule has 4 heterocycles. The minimum atomic E-state index is 0.927. The fourth-order valence-corrected chi connectivity index (χ4v) is 7.87. The van der Waals surface area contributed by atoms with Crippen molar-refractivity contribution in [3.05, 3.63) is 194 Å². The summed E-state index contributed by atoms with van der Waals surface area (Å²) in [6, 6.07) is 66.3. The molecule has 0 unspecified atom stereocenters. The van der Waals surface area contributed by atoms with Gasteiger partial charge >= 0.3 is 0 Å². The molecule has 11 aromatic rings. The number of hydrogen-bond acceptors (Lipinski definition) is 4. The molecule has 0 aliphatic heterocycles. The van der Waals surface area contributed by atoms with Crippen LogP contribution >= 0.6 is 0 Å². The summed E-state index contributed by atoms with van der Waals surface area (Å²) in [7, 11) is 0. The van der Waals surface area contributed by atoms with Crippen LogP contribution in [0.4, 0.5) is 0 Å². The molecule has 0 fully saturated rings. The van der Waals surface area contributed by atoms with Crippen LogP contribution in [0, 0.1) is 0 Å². The smallest absolute Gasteiger partial charge is 0.0972 e. The second-order valence-electron chi connectivity index (χ2n) is 14.3. The van der Waals surface area contributed by atoms with Gasteiger partial charge in [0.2, 0.25) is 0 Å². The van der Waals surface area contributed by atoms with Gasteiger partial charge in [-0.25, -0.2) is 15.0 Å². The summed E-state index contributed by atoms with van der Waals surface area (Å²) in [5.41, 5.74) is 14.6. The molecule has 260 valence electrons. The van der Waals surface area contributed by atoms with Crippen LogP contribution in [-0.2, 0) is 0 Å². The minimum Gasteiger partial charge on any atom is -0.254 e. The normalized spacial score (nSPS) is 11.6. The lowest BCUT2D eigenvalue weighted by atomic mass is 9.99.